The smallest absolute Gasteiger partial charge is 0.127 e. The number of hydrogen-bond acceptors (Lipinski definition) is 2. The Hall–Kier alpha value is -0.370. The van der Waals surface area contributed by atoms with Gasteiger partial charge in [0.1, 0.15) is 6.29 Å². The number of aldehydes is 1. The minimum absolute atomic E-state index is 0.0278. The van der Waals surface area contributed by atoms with Gasteiger partial charge in [-0.2, -0.15) is 0 Å². The summed E-state index contributed by atoms with van der Waals surface area (Å²) in [6, 6.07) is 0.581. The fourth-order valence-electron chi connectivity index (χ4n) is 2.91. The van der Waals surface area contributed by atoms with E-state index < -0.39 is 0 Å². The highest BCUT2D eigenvalue weighted by atomic mass is 16.1. The van der Waals surface area contributed by atoms with Crippen LogP contribution in [0.25, 0.3) is 0 Å². The lowest BCUT2D eigenvalue weighted by atomic mass is 9.87. The van der Waals surface area contributed by atoms with E-state index in [-0.39, 0.29) is 5.41 Å². The Morgan fingerprint density at radius 2 is 1.81 bits per heavy atom. The van der Waals surface area contributed by atoms with E-state index >= 15 is 0 Å². The van der Waals surface area contributed by atoms with Gasteiger partial charge in [0.2, 0.25) is 0 Å². The number of carbonyl (C=O) groups excluding carboxylic acids is 1. The summed E-state index contributed by atoms with van der Waals surface area (Å²) in [7, 11) is 2.16. The molecule has 1 fully saturated rings. The summed E-state index contributed by atoms with van der Waals surface area (Å²) in [6.07, 6.45) is 7.07. The molecule has 1 rings (SSSR count). The van der Waals surface area contributed by atoms with Crippen molar-refractivity contribution in [2.75, 3.05) is 13.6 Å². The first-order valence-corrected chi connectivity index (χ1v) is 6.66. The molecule has 2 heteroatoms. The van der Waals surface area contributed by atoms with E-state index in [1.165, 1.54) is 25.5 Å². The van der Waals surface area contributed by atoms with Gasteiger partial charge in [0.25, 0.3) is 0 Å². The molecule has 1 atom stereocenters. The molecule has 0 bridgehead atoms. The van der Waals surface area contributed by atoms with Gasteiger partial charge in [0, 0.05) is 18.0 Å². The van der Waals surface area contributed by atoms with Crippen LogP contribution in [0.3, 0.4) is 0 Å². The van der Waals surface area contributed by atoms with Crippen LogP contribution in [-0.4, -0.2) is 30.8 Å². The van der Waals surface area contributed by atoms with Gasteiger partial charge in [-0.05, 0) is 39.2 Å². The molecule has 0 radical (unpaired) electrons. The number of hydrogen-bond donors (Lipinski definition) is 0. The Labute approximate surface area is 100 Å². The Morgan fingerprint density at radius 3 is 2.25 bits per heavy atom. The highest BCUT2D eigenvalue weighted by Crippen LogP contribution is 2.37. The molecule has 0 spiro atoms. The highest BCUT2D eigenvalue weighted by Gasteiger charge is 2.35. The van der Waals surface area contributed by atoms with Crippen LogP contribution in [0.2, 0.25) is 0 Å². The Balaban J connectivity index is 2.48. The Kier molecular flexibility index (Phi) is 4.97. The molecule has 0 aromatic heterocycles. The third kappa shape index (κ3) is 3.58. The van der Waals surface area contributed by atoms with Gasteiger partial charge in [-0.1, -0.05) is 26.7 Å². The number of carbonyl (C=O) groups is 1. The minimum atomic E-state index is -0.0278. The van der Waals surface area contributed by atoms with Crippen LogP contribution in [-0.2, 0) is 4.79 Å². The monoisotopic (exact) mass is 225 g/mol. The predicted octanol–water partition coefficient (Wildman–Crippen LogP) is 3.11. The molecule has 1 aliphatic rings. The number of nitrogens with zero attached hydrogens (tertiary/aromatic N) is 1. The quantitative estimate of drug-likeness (QED) is 0.647. The lowest BCUT2D eigenvalue weighted by molar-refractivity contribution is -0.117. The van der Waals surface area contributed by atoms with Crippen molar-refractivity contribution in [3.8, 4) is 0 Å². The first kappa shape index (κ1) is 13.7. The molecule has 2 nitrogen and oxygen atoms in total. The van der Waals surface area contributed by atoms with E-state index in [1.54, 1.807) is 0 Å². The number of rotatable bonds is 6. The molecular weight excluding hydrogens is 198 g/mol. The van der Waals surface area contributed by atoms with Crippen LogP contribution in [0.4, 0.5) is 0 Å². The summed E-state index contributed by atoms with van der Waals surface area (Å²) in [4.78, 5) is 13.7. The van der Waals surface area contributed by atoms with Gasteiger partial charge in [0.05, 0.1) is 0 Å². The standard InChI is InChI=1S/C14H27NO/c1-12(2)9-13(3)15(4)10-14(11-16)7-5-6-8-14/h11-13H,5-10H2,1-4H3. The largest absolute Gasteiger partial charge is 0.303 e. The molecule has 94 valence electrons. The molecule has 0 aromatic rings. The van der Waals surface area contributed by atoms with Crippen molar-refractivity contribution in [3.05, 3.63) is 0 Å². The van der Waals surface area contributed by atoms with Crippen molar-refractivity contribution in [2.24, 2.45) is 11.3 Å². The van der Waals surface area contributed by atoms with E-state index in [4.69, 9.17) is 0 Å². The Bertz CT molecular complexity index is 219. The normalized spacial score (nSPS) is 21.6. The lowest BCUT2D eigenvalue weighted by Gasteiger charge is -2.33. The van der Waals surface area contributed by atoms with Crippen LogP contribution >= 0.6 is 0 Å². The first-order chi connectivity index (χ1) is 7.49. The molecule has 16 heavy (non-hydrogen) atoms. The van der Waals surface area contributed by atoms with Crippen LogP contribution in [0, 0.1) is 11.3 Å². The summed E-state index contributed by atoms with van der Waals surface area (Å²) in [6.45, 7) is 7.74. The summed E-state index contributed by atoms with van der Waals surface area (Å²) in [5.74, 6) is 0.730. The van der Waals surface area contributed by atoms with Gasteiger partial charge in [-0.15, -0.1) is 0 Å². The van der Waals surface area contributed by atoms with Crippen LogP contribution in [0.1, 0.15) is 52.9 Å². The highest BCUT2D eigenvalue weighted by molar-refractivity contribution is 5.60. The van der Waals surface area contributed by atoms with E-state index in [0.717, 1.165) is 25.3 Å². The molecular formula is C14H27NO. The Morgan fingerprint density at radius 1 is 1.25 bits per heavy atom. The van der Waals surface area contributed by atoms with Crippen LogP contribution in [0.5, 0.6) is 0 Å². The third-order valence-corrected chi connectivity index (χ3v) is 3.98. The van der Waals surface area contributed by atoms with Crippen molar-refractivity contribution in [1.29, 1.82) is 0 Å². The molecule has 0 amide bonds. The van der Waals surface area contributed by atoms with Gasteiger partial charge >= 0.3 is 0 Å². The van der Waals surface area contributed by atoms with Crippen molar-refractivity contribution in [3.63, 3.8) is 0 Å². The predicted molar refractivity (Wildman–Crippen MR) is 68.5 cm³/mol. The molecule has 1 aliphatic carbocycles. The van der Waals surface area contributed by atoms with E-state index in [1.807, 2.05) is 0 Å². The van der Waals surface area contributed by atoms with Crippen molar-refractivity contribution < 1.29 is 4.79 Å². The second-order valence-corrected chi connectivity index (χ2v) is 6.08. The zero-order valence-corrected chi connectivity index (χ0v) is 11.3. The molecule has 0 aromatic carbocycles. The summed E-state index contributed by atoms with van der Waals surface area (Å²) in [5.41, 5.74) is -0.0278. The third-order valence-electron chi connectivity index (χ3n) is 3.98. The second-order valence-electron chi connectivity index (χ2n) is 6.08. The minimum Gasteiger partial charge on any atom is -0.303 e. The van der Waals surface area contributed by atoms with Crippen LogP contribution < -0.4 is 0 Å². The van der Waals surface area contributed by atoms with E-state index in [0.29, 0.717) is 6.04 Å². The molecule has 0 aliphatic heterocycles. The molecule has 1 saturated carbocycles. The second kappa shape index (κ2) is 5.81. The van der Waals surface area contributed by atoms with Gasteiger partial charge in [0.15, 0.2) is 0 Å². The summed E-state index contributed by atoms with van der Waals surface area (Å²) < 4.78 is 0. The lowest BCUT2D eigenvalue weighted by Crippen LogP contribution is -2.40. The van der Waals surface area contributed by atoms with Gasteiger partial charge < -0.3 is 9.69 Å². The fraction of sp³-hybridized carbons (Fsp3) is 0.929. The maximum absolute atomic E-state index is 11.3. The van der Waals surface area contributed by atoms with E-state index in [2.05, 4.69) is 32.7 Å². The SMILES string of the molecule is CC(C)CC(C)N(C)CC1(C=O)CCCC1. The van der Waals surface area contributed by atoms with Gasteiger partial charge in [-0.25, -0.2) is 0 Å². The average Bonchev–Trinajstić information content (AvgIpc) is 2.66. The maximum Gasteiger partial charge on any atom is 0.127 e. The average molecular weight is 225 g/mol. The summed E-state index contributed by atoms with van der Waals surface area (Å²) >= 11 is 0. The van der Waals surface area contributed by atoms with E-state index in [9.17, 15) is 4.79 Å². The molecule has 0 saturated heterocycles. The molecule has 1 unspecified atom stereocenters. The van der Waals surface area contributed by atoms with Crippen molar-refractivity contribution >= 4 is 6.29 Å². The van der Waals surface area contributed by atoms with Gasteiger partial charge in [-0.3, -0.25) is 0 Å². The van der Waals surface area contributed by atoms with Crippen LogP contribution in [0.15, 0.2) is 0 Å². The molecule has 0 N–H and O–H groups in total. The summed E-state index contributed by atoms with van der Waals surface area (Å²) in [5, 5.41) is 0. The van der Waals surface area contributed by atoms with Crippen molar-refractivity contribution in [1.82, 2.24) is 4.90 Å². The molecule has 0 heterocycles. The first-order valence-electron chi connectivity index (χ1n) is 6.66. The topological polar surface area (TPSA) is 20.3 Å². The fourth-order valence-corrected chi connectivity index (χ4v) is 2.91. The zero-order chi connectivity index (χ0) is 12.2. The van der Waals surface area contributed by atoms with Crippen molar-refractivity contribution in [2.45, 2.75) is 58.9 Å². The maximum atomic E-state index is 11.3. The zero-order valence-electron chi connectivity index (χ0n) is 11.3.